The molecule has 2 amide bonds. The van der Waals surface area contributed by atoms with E-state index in [1.807, 2.05) is 0 Å². The van der Waals surface area contributed by atoms with Gasteiger partial charge in [0.15, 0.2) is 0 Å². The number of nitrogens with one attached hydrogen (secondary N) is 1. The van der Waals surface area contributed by atoms with E-state index in [1.54, 1.807) is 0 Å². The first kappa shape index (κ1) is 13.1. The molecule has 2 aliphatic rings. The number of aryl methyl sites for hydroxylation is 1. The van der Waals surface area contributed by atoms with E-state index in [0.29, 0.717) is 23.5 Å². The van der Waals surface area contributed by atoms with Crippen LogP contribution in [-0.2, 0) is 17.6 Å². The molecule has 0 bridgehead atoms. The van der Waals surface area contributed by atoms with Gasteiger partial charge in [0.05, 0.1) is 12.0 Å². The first-order chi connectivity index (χ1) is 9.63. The van der Waals surface area contributed by atoms with Gasteiger partial charge in [-0.15, -0.1) is 0 Å². The molecule has 20 heavy (non-hydrogen) atoms. The van der Waals surface area contributed by atoms with Gasteiger partial charge in [-0.1, -0.05) is 25.7 Å². The number of rotatable bonds is 3. The zero-order valence-corrected chi connectivity index (χ0v) is 11.2. The van der Waals surface area contributed by atoms with Crippen molar-refractivity contribution in [3.63, 3.8) is 0 Å². The first-order valence-electron chi connectivity index (χ1n) is 7.13. The highest BCUT2D eigenvalue weighted by molar-refractivity contribution is 6.09. The molecule has 0 aromatic carbocycles. The van der Waals surface area contributed by atoms with E-state index >= 15 is 0 Å². The van der Waals surface area contributed by atoms with E-state index in [4.69, 9.17) is 4.42 Å². The Bertz CT molecular complexity index is 611. The first-order valence-corrected chi connectivity index (χ1v) is 7.13. The SMILES string of the molecule is O=C1Cc2oc(=O)cc(CCC3CCCC3)c2C(=O)N1. The molecule has 3 rings (SSSR count). The Morgan fingerprint density at radius 1 is 1.20 bits per heavy atom. The third-order valence-corrected chi connectivity index (χ3v) is 4.21. The Hall–Kier alpha value is -1.91. The fourth-order valence-corrected chi connectivity index (χ4v) is 3.23. The smallest absolute Gasteiger partial charge is 0.336 e. The summed E-state index contributed by atoms with van der Waals surface area (Å²) in [6, 6.07) is 1.39. The van der Waals surface area contributed by atoms with Gasteiger partial charge in [0.2, 0.25) is 5.91 Å². The fourth-order valence-electron chi connectivity index (χ4n) is 3.23. The van der Waals surface area contributed by atoms with Gasteiger partial charge in [-0.3, -0.25) is 14.9 Å². The van der Waals surface area contributed by atoms with Crippen molar-refractivity contribution >= 4 is 11.8 Å². The Morgan fingerprint density at radius 2 is 1.95 bits per heavy atom. The van der Waals surface area contributed by atoms with Crippen LogP contribution in [0.15, 0.2) is 15.3 Å². The summed E-state index contributed by atoms with van der Waals surface area (Å²) >= 11 is 0. The van der Waals surface area contributed by atoms with Gasteiger partial charge in [0, 0.05) is 6.07 Å². The van der Waals surface area contributed by atoms with E-state index in [0.717, 1.165) is 6.42 Å². The number of amides is 2. The maximum atomic E-state index is 11.9. The van der Waals surface area contributed by atoms with Crippen LogP contribution >= 0.6 is 0 Å². The number of hydrogen-bond donors (Lipinski definition) is 1. The lowest BCUT2D eigenvalue weighted by atomic mass is 9.94. The van der Waals surface area contributed by atoms with Crippen molar-refractivity contribution in [2.45, 2.75) is 44.9 Å². The van der Waals surface area contributed by atoms with Crippen molar-refractivity contribution in [2.75, 3.05) is 0 Å². The van der Waals surface area contributed by atoms with Crippen LogP contribution in [0, 0.1) is 5.92 Å². The second-order valence-corrected chi connectivity index (χ2v) is 5.63. The minimum absolute atomic E-state index is 0.0341. The van der Waals surface area contributed by atoms with Crippen LogP contribution in [0.5, 0.6) is 0 Å². The standard InChI is InChI=1S/C15H17NO4/c17-12-8-11-14(15(19)16-12)10(7-13(18)20-11)6-5-9-3-1-2-4-9/h7,9H,1-6,8H2,(H,16,17,19). The fraction of sp³-hybridized carbons (Fsp3) is 0.533. The van der Waals surface area contributed by atoms with Crippen LogP contribution in [0.3, 0.4) is 0 Å². The molecular weight excluding hydrogens is 258 g/mol. The maximum Gasteiger partial charge on any atom is 0.336 e. The van der Waals surface area contributed by atoms with Crippen molar-refractivity contribution < 1.29 is 14.0 Å². The predicted octanol–water partition coefficient (Wildman–Crippen LogP) is 1.58. The molecule has 1 saturated carbocycles. The Labute approximate surface area is 116 Å². The number of hydrogen-bond acceptors (Lipinski definition) is 4. The molecule has 1 aromatic heterocycles. The molecule has 0 spiro atoms. The molecule has 1 aliphatic heterocycles. The lowest BCUT2D eigenvalue weighted by Crippen LogP contribution is -2.38. The highest BCUT2D eigenvalue weighted by atomic mass is 16.4. The minimum Gasteiger partial charge on any atom is -0.426 e. The van der Waals surface area contributed by atoms with Crippen molar-refractivity contribution in [1.29, 1.82) is 0 Å². The van der Waals surface area contributed by atoms with Gasteiger partial charge >= 0.3 is 5.63 Å². The summed E-state index contributed by atoms with van der Waals surface area (Å²) in [6.07, 6.45) is 6.65. The number of carbonyl (C=O) groups excluding carboxylic acids is 2. The molecule has 0 atom stereocenters. The third kappa shape index (κ3) is 2.53. The molecule has 0 saturated heterocycles. The van der Waals surface area contributed by atoms with E-state index in [9.17, 15) is 14.4 Å². The molecular formula is C15H17NO4. The quantitative estimate of drug-likeness (QED) is 0.850. The van der Waals surface area contributed by atoms with Crippen LogP contribution in [0.25, 0.3) is 0 Å². The van der Waals surface area contributed by atoms with E-state index in [2.05, 4.69) is 5.32 Å². The molecule has 1 aromatic rings. The second-order valence-electron chi connectivity index (χ2n) is 5.63. The predicted molar refractivity (Wildman–Crippen MR) is 71.4 cm³/mol. The molecule has 1 N–H and O–H groups in total. The van der Waals surface area contributed by atoms with Crippen LogP contribution in [0.2, 0.25) is 0 Å². The second kappa shape index (κ2) is 5.23. The molecule has 2 heterocycles. The molecule has 0 unspecified atom stereocenters. The van der Waals surface area contributed by atoms with Gasteiger partial charge in [-0.05, 0) is 24.3 Å². The molecule has 1 fully saturated rings. The maximum absolute atomic E-state index is 11.9. The summed E-state index contributed by atoms with van der Waals surface area (Å²) < 4.78 is 5.02. The van der Waals surface area contributed by atoms with E-state index in [-0.39, 0.29) is 12.2 Å². The summed E-state index contributed by atoms with van der Waals surface area (Å²) in [5.74, 6) is 0.0406. The van der Waals surface area contributed by atoms with Crippen molar-refractivity contribution in [2.24, 2.45) is 5.92 Å². The van der Waals surface area contributed by atoms with Crippen LogP contribution in [0.4, 0.5) is 0 Å². The summed E-state index contributed by atoms with van der Waals surface area (Å²) in [5.41, 5.74) is 0.628. The lowest BCUT2D eigenvalue weighted by Gasteiger charge is -2.17. The number of fused-ring (bicyclic) bond motifs is 1. The van der Waals surface area contributed by atoms with Gasteiger partial charge < -0.3 is 4.42 Å². The zero-order chi connectivity index (χ0) is 14.1. The number of imide groups is 1. The normalized spacial score (nSPS) is 19.0. The summed E-state index contributed by atoms with van der Waals surface area (Å²) in [6.45, 7) is 0. The molecule has 106 valence electrons. The van der Waals surface area contributed by atoms with Crippen molar-refractivity contribution in [3.8, 4) is 0 Å². The Kier molecular flexibility index (Phi) is 3.42. The van der Waals surface area contributed by atoms with E-state index < -0.39 is 17.4 Å². The average Bonchev–Trinajstić information content (AvgIpc) is 2.87. The van der Waals surface area contributed by atoms with Crippen molar-refractivity contribution in [3.05, 3.63) is 33.4 Å². The zero-order valence-electron chi connectivity index (χ0n) is 11.2. The summed E-state index contributed by atoms with van der Waals surface area (Å²) in [4.78, 5) is 34.8. The highest BCUT2D eigenvalue weighted by Gasteiger charge is 2.28. The minimum atomic E-state index is -0.479. The van der Waals surface area contributed by atoms with Gasteiger partial charge in [0.1, 0.15) is 5.76 Å². The number of carbonyl (C=O) groups is 2. The Morgan fingerprint density at radius 3 is 2.70 bits per heavy atom. The topological polar surface area (TPSA) is 76.4 Å². The lowest BCUT2D eigenvalue weighted by molar-refractivity contribution is -0.120. The average molecular weight is 275 g/mol. The molecule has 5 nitrogen and oxygen atoms in total. The monoisotopic (exact) mass is 275 g/mol. The van der Waals surface area contributed by atoms with Gasteiger partial charge in [0.25, 0.3) is 5.91 Å². The molecule has 5 heteroatoms. The van der Waals surface area contributed by atoms with Gasteiger partial charge in [-0.2, -0.15) is 0 Å². The summed E-state index contributed by atoms with van der Waals surface area (Å²) in [5, 5.41) is 2.28. The van der Waals surface area contributed by atoms with E-state index in [1.165, 1.54) is 31.7 Å². The molecule has 0 radical (unpaired) electrons. The van der Waals surface area contributed by atoms with Crippen LogP contribution in [0.1, 0.15) is 53.8 Å². The summed E-state index contributed by atoms with van der Waals surface area (Å²) in [7, 11) is 0. The molecule has 1 aliphatic carbocycles. The third-order valence-electron chi connectivity index (χ3n) is 4.21. The van der Waals surface area contributed by atoms with Crippen molar-refractivity contribution in [1.82, 2.24) is 5.32 Å². The highest BCUT2D eigenvalue weighted by Crippen LogP contribution is 2.29. The van der Waals surface area contributed by atoms with Crippen LogP contribution in [-0.4, -0.2) is 11.8 Å². The van der Waals surface area contributed by atoms with Crippen LogP contribution < -0.4 is 10.9 Å². The Balaban J connectivity index is 1.88. The van der Waals surface area contributed by atoms with Gasteiger partial charge in [-0.25, -0.2) is 4.79 Å². The largest absolute Gasteiger partial charge is 0.426 e.